The number of piperidine rings is 1. The molecule has 1 fully saturated rings. The number of benzene rings is 1. The summed E-state index contributed by atoms with van der Waals surface area (Å²) in [6.07, 6.45) is 3.80. The lowest BCUT2D eigenvalue weighted by molar-refractivity contribution is -0.918. The van der Waals surface area contributed by atoms with Crippen LogP contribution in [0.5, 0.6) is 0 Å². The van der Waals surface area contributed by atoms with Crippen LogP contribution >= 0.6 is 0 Å². The van der Waals surface area contributed by atoms with E-state index in [0.717, 1.165) is 18.8 Å². The molecule has 0 spiro atoms. The van der Waals surface area contributed by atoms with Crippen LogP contribution in [0, 0.1) is 0 Å². The molecule has 1 aromatic rings. The molecule has 116 valence electrons. The number of quaternary nitrogens is 1. The Bertz CT molecular complexity index is 467. The summed E-state index contributed by atoms with van der Waals surface area (Å²) in [6.45, 7) is 10.9. The minimum Gasteiger partial charge on any atom is -0.325 e. The van der Waals surface area contributed by atoms with Gasteiger partial charge >= 0.3 is 0 Å². The van der Waals surface area contributed by atoms with Gasteiger partial charge in [0, 0.05) is 5.69 Å². The molecule has 1 aromatic carbocycles. The minimum absolute atomic E-state index is 0.0348. The zero-order valence-corrected chi connectivity index (χ0v) is 13.8. The van der Waals surface area contributed by atoms with Gasteiger partial charge in [-0.25, -0.2) is 0 Å². The van der Waals surface area contributed by atoms with Crippen molar-refractivity contribution in [2.75, 3.05) is 18.4 Å². The summed E-state index contributed by atoms with van der Waals surface area (Å²) in [7, 11) is 0. The van der Waals surface area contributed by atoms with E-state index in [9.17, 15) is 4.79 Å². The van der Waals surface area contributed by atoms with Gasteiger partial charge in [-0.1, -0.05) is 32.9 Å². The van der Waals surface area contributed by atoms with Crippen LogP contribution in [0.1, 0.15) is 52.5 Å². The Balaban J connectivity index is 1.95. The van der Waals surface area contributed by atoms with Crippen molar-refractivity contribution in [1.29, 1.82) is 0 Å². The van der Waals surface area contributed by atoms with Crippen molar-refractivity contribution in [1.82, 2.24) is 0 Å². The molecule has 0 aromatic heterocycles. The lowest BCUT2D eigenvalue weighted by atomic mass is 9.87. The first-order chi connectivity index (χ1) is 9.88. The van der Waals surface area contributed by atoms with Crippen molar-refractivity contribution in [2.24, 2.45) is 0 Å². The Morgan fingerprint density at radius 1 is 1.10 bits per heavy atom. The highest BCUT2D eigenvalue weighted by Gasteiger charge is 2.26. The fourth-order valence-corrected chi connectivity index (χ4v) is 2.93. The van der Waals surface area contributed by atoms with Crippen LogP contribution in [0.25, 0.3) is 0 Å². The molecule has 3 nitrogen and oxygen atoms in total. The first kappa shape index (κ1) is 16.0. The van der Waals surface area contributed by atoms with Gasteiger partial charge in [-0.15, -0.1) is 0 Å². The van der Waals surface area contributed by atoms with E-state index in [0.29, 0.717) is 0 Å². The predicted molar refractivity (Wildman–Crippen MR) is 87.8 cm³/mol. The molecular formula is C18H29N2O+. The third-order valence-corrected chi connectivity index (χ3v) is 4.52. The van der Waals surface area contributed by atoms with Gasteiger partial charge in [-0.3, -0.25) is 4.79 Å². The summed E-state index contributed by atoms with van der Waals surface area (Å²) in [5.74, 6) is 0.135. The number of anilines is 1. The normalized spacial score (nSPS) is 18.3. The molecule has 1 saturated heterocycles. The zero-order valence-electron chi connectivity index (χ0n) is 13.8. The van der Waals surface area contributed by atoms with E-state index in [2.05, 4.69) is 38.2 Å². The second-order valence-electron chi connectivity index (χ2n) is 7.26. The Kier molecular flexibility index (Phi) is 5.04. The molecule has 0 radical (unpaired) electrons. The molecule has 1 amide bonds. The molecule has 21 heavy (non-hydrogen) atoms. The van der Waals surface area contributed by atoms with Crippen LogP contribution in [-0.4, -0.2) is 25.0 Å². The maximum absolute atomic E-state index is 12.4. The molecule has 1 atom stereocenters. The predicted octanol–water partition coefficient (Wildman–Crippen LogP) is 2.38. The molecule has 3 heteroatoms. The maximum atomic E-state index is 12.4. The number of carbonyl (C=O) groups is 1. The van der Waals surface area contributed by atoms with Crippen molar-refractivity contribution < 1.29 is 9.69 Å². The van der Waals surface area contributed by atoms with Crippen LogP contribution < -0.4 is 10.2 Å². The third kappa shape index (κ3) is 4.31. The number of nitrogens with one attached hydrogen (secondary N) is 2. The van der Waals surface area contributed by atoms with Crippen LogP contribution in [-0.2, 0) is 10.2 Å². The van der Waals surface area contributed by atoms with Gasteiger partial charge in [0.1, 0.15) is 0 Å². The highest BCUT2D eigenvalue weighted by atomic mass is 16.2. The molecule has 1 aliphatic heterocycles. The van der Waals surface area contributed by atoms with Crippen molar-refractivity contribution in [2.45, 2.75) is 58.4 Å². The van der Waals surface area contributed by atoms with Gasteiger partial charge in [-0.2, -0.15) is 0 Å². The standard InChI is InChI=1S/C18H28N2O/c1-14(20-12-6-5-7-13-20)17(21)19-16-10-8-15(9-11-16)18(2,3)4/h8-11,14H,5-7,12-13H2,1-4H3,(H,19,21)/p+1/t14-/m0/s1. The SMILES string of the molecule is C[C@@H](C(=O)Nc1ccc(C(C)(C)C)cc1)[NH+]1CCCCC1. The summed E-state index contributed by atoms with van der Waals surface area (Å²) in [5, 5.41) is 3.06. The van der Waals surface area contributed by atoms with E-state index < -0.39 is 0 Å². The van der Waals surface area contributed by atoms with Crippen LogP contribution in [0.4, 0.5) is 5.69 Å². The summed E-state index contributed by atoms with van der Waals surface area (Å²) in [4.78, 5) is 13.8. The molecule has 0 unspecified atom stereocenters. The van der Waals surface area contributed by atoms with E-state index in [1.165, 1.54) is 29.7 Å². The average Bonchev–Trinajstić information content (AvgIpc) is 2.47. The van der Waals surface area contributed by atoms with Gasteiger partial charge in [0.15, 0.2) is 6.04 Å². The Morgan fingerprint density at radius 2 is 1.67 bits per heavy atom. The van der Waals surface area contributed by atoms with E-state index >= 15 is 0 Å². The largest absolute Gasteiger partial charge is 0.325 e. The molecule has 2 N–H and O–H groups in total. The van der Waals surface area contributed by atoms with Gasteiger partial charge in [0.2, 0.25) is 0 Å². The lowest BCUT2D eigenvalue weighted by Gasteiger charge is -2.28. The highest BCUT2D eigenvalue weighted by Crippen LogP contribution is 2.23. The Morgan fingerprint density at radius 3 is 2.19 bits per heavy atom. The van der Waals surface area contributed by atoms with Crippen LogP contribution in [0.15, 0.2) is 24.3 Å². The zero-order chi connectivity index (χ0) is 15.5. The van der Waals surface area contributed by atoms with Crippen molar-refractivity contribution in [3.05, 3.63) is 29.8 Å². The van der Waals surface area contributed by atoms with Gasteiger partial charge < -0.3 is 10.2 Å². The van der Waals surface area contributed by atoms with E-state index in [1.54, 1.807) is 0 Å². The van der Waals surface area contributed by atoms with Crippen molar-refractivity contribution in [3.63, 3.8) is 0 Å². The van der Waals surface area contributed by atoms with Crippen LogP contribution in [0.2, 0.25) is 0 Å². The summed E-state index contributed by atoms with van der Waals surface area (Å²) in [6, 6.07) is 8.27. The van der Waals surface area contributed by atoms with Gasteiger partial charge in [-0.05, 0) is 49.3 Å². The average molecular weight is 289 g/mol. The summed E-state index contributed by atoms with van der Waals surface area (Å²) < 4.78 is 0. The number of hydrogen-bond donors (Lipinski definition) is 2. The molecule has 2 rings (SSSR count). The first-order valence-corrected chi connectivity index (χ1v) is 8.14. The molecule has 1 aliphatic rings. The first-order valence-electron chi connectivity index (χ1n) is 8.14. The summed E-state index contributed by atoms with van der Waals surface area (Å²) in [5.41, 5.74) is 2.33. The number of amides is 1. The quantitative estimate of drug-likeness (QED) is 0.880. The fourth-order valence-electron chi connectivity index (χ4n) is 2.93. The maximum Gasteiger partial charge on any atom is 0.282 e. The Hall–Kier alpha value is -1.35. The van der Waals surface area contributed by atoms with Gasteiger partial charge in [0.05, 0.1) is 13.1 Å². The number of rotatable bonds is 3. The van der Waals surface area contributed by atoms with E-state index in [4.69, 9.17) is 0 Å². The number of hydrogen-bond acceptors (Lipinski definition) is 1. The van der Waals surface area contributed by atoms with Crippen LogP contribution in [0.3, 0.4) is 0 Å². The molecule has 0 bridgehead atoms. The fraction of sp³-hybridized carbons (Fsp3) is 0.611. The number of likely N-dealkylation sites (tertiary alicyclic amines) is 1. The molecular weight excluding hydrogens is 260 g/mol. The smallest absolute Gasteiger partial charge is 0.282 e. The third-order valence-electron chi connectivity index (χ3n) is 4.52. The molecule has 1 heterocycles. The second kappa shape index (κ2) is 6.61. The van der Waals surface area contributed by atoms with Gasteiger partial charge in [0.25, 0.3) is 5.91 Å². The van der Waals surface area contributed by atoms with E-state index in [1.807, 2.05) is 19.1 Å². The monoisotopic (exact) mass is 289 g/mol. The minimum atomic E-state index is 0.0348. The topological polar surface area (TPSA) is 33.5 Å². The summed E-state index contributed by atoms with van der Waals surface area (Å²) >= 11 is 0. The second-order valence-corrected chi connectivity index (χ2v) is 7.26. The van der Waals surface area contributed by atoms with Crippen molar-refractivity contribution >= 4 is 11.6 Å². The Labute approximate surface area is 128 Å². The molecule has 0 aliphatic carbocycles. The number of carbonyl (C=O) groups excluding carboxylic acids is 1. The lowest BCUT2D eigenvalue weighted by Crippen LogP contribution is -3.17. The molecule has 0 saturated carbocycles. The highest BCUT2D eigenvalue weighted by molar-refractivity contribution is 5.93. The van der Waals surface area contributed by atoms with E-state index in [-0.39, 0.29) is 17.4 Å². The van der Waals surface area contributed by atoms with Crippen molar-refractivity contribution in [3.8, 4) is 0 Å².